The summed E-state index contributed by atoms with van der Waals surface area (Å²) in [7, 11) is 0. The second-order valence-corrected chi connectivity index (χ2v) is 8.57. The van der Waals surface area contributed by atoms with Crippen LogP contribution in [0.3, 0.4) is 0 Å². The SMILES string of the molecule is O=C1NC(SC(c2ccccc2)(c2ccccc2)c2ccccc2)C1Br. The normalized spacial score (nSPS) is 19.5. The zero-order valence-electron chi connectivity index (χ0n) is 14.0. The van der Waals surface area contributed by atoms with Crippen molar-refractivity contribution in [1.29, 1.82) is 0 Å². The summed E-state index contributed by atoms with van der Waals surface area (Å²) in [5, 5.41) is 3.04. The van der Waals surface area contributed by atoms with E-state index in [1.54, 1.807) is 11.8 Å². The highest BCUT2D eigenvalue weighted by molar-refractivity contribution is 9.10. The minimum Gasteiger partial charge on any atom is -0.342 e. The van der Waals surface area contributed by atoms with Crippen molar-refractivity contribution in [3.63, 3.8) is 0 Å². The minimum atomic E-state index is -0.409. The van der Waals surface area contributed by atoms with Gasteiger partial charge in [-0.3, -0.25) is 4.79 Å². The zero-order chi connectivity index (χ0) is 18.0. The number of β-lactam (4-membered cyclic amide) rings is 1. The highest BCUT2D eigenvalue weighted by Crippen LogP contribution is 2.51. The van der Waals surface area contributed by atoms with Gasteiger partial charge in [0.15, 0.2) is 0 Å². The third-order valence-corrected chi connectivity index (χ3v) is 7.64. The highest BCUT2D eigenvalue weighted by Gasteiger charge is 2.46. The van der Waals surface area contributed by atoms with Gasteiger partial charge < -0.3 is 5.32 Å². The van der Waals surface area contributed by atoms with E-state index in [4.69, 9.17) is 0 Å². The first-order chi connectivity index (χ1) is 12.7. The number of alkyl halides is 1. The fourth-order valence-electron chi connectivity index (χ4n) is 3.34. The molecule has 0 aliphatic carbocycles. The summed E-state index contributed by atoms with van der Waals surface area (Å²) >= 11 is 5.30. The van der Waals surface area contributed by atoms with Gasteiger partial charge in [0.05, 0.1) is 10.1 Å². The largest absolute Gasteiger partial charge is 0.342 e. The summed E-state index contributed by atoms with van der Waals surface area (Å²) in [6.07, 6.45) is 0. The number of rotatable bonds is 5. The van der Waals surface area contributed by atoms with E-state index in [0.717, 1.165) is 0 Å². The molecule has 1 saturated heterocycles. The van der Waals surface area contributed by atoms with Crippen LogP contribution >= 0.6 is 27.7 Å². The van der Waals surface area contributed by atoms with Crippen LogP contribution in [-0.2, 0) is 9.54 Å². The Hall–Kier alpha value is -2.04. The molecule has 2 nitrogen and oxygen atoms in total. The molecule has 4 rings (SSSR count). The average Bonchev–Trinajstić information content (AvgIpc) is 2.73. The number of hydrogen-bond acceptors (Lipinski definition) is 2. The van der Waals surface area contributed by atoms with Gasteiger partial charge in [-0.1, -0.05) is 107 Å². The van der Waals surface area contributed by atoms with Crippen molar-refractivity contribution >= 4 is 33.6 Å². The highest BCUT2D eigenvalue weighted by atomic mass is 79.9. The summed E-state index contributed by atoms with van der Waals surface area (Å²) < 4.78 is -0.409. The van der Waals surface area contributed by atoms with Gasteiger partial charge in [0.25, 0.3) is 0 Å². The molecule has 0 bridgehead atoms. The van der Waals surface area contributed by atoms with Crippen molar-refractivity contribution in [3.8, 4) is 0 Å². The lowest BCUT2D eigenvalue weighted by molar-refractivity contribution is -0.125. The molecule has 0 radical (unpaired) electrons. The van der Waals surface area contributed by atoms with Crippen molar-refractivity contribution in [2.45, 2.75) is 14.9 Å². The standard InChI is InChI=1S/C22H18BrNOS/c23-19-20(25)24-21(19)26-22(16-10-4-1-5-11-16,17-12-6-2-7-13-17)18-14-8-3-9-15-18/h1-15,19,21H,(H,24,25). The predicted octanol–water partition coefficient (Wildman–Crippen LogP) is 4.93. The second kappa shape index (κ2) is 7.29. The van der Waals surface area contributed by atoms with E-state index in [2.05, 4.69) is 94.0 Å². The number of nitrogens with one attached hydrogen (secondary N) is 1. The Morgan fingerprint density at radius 2 is 1.12 bits per heavy atom. The van der Waals surface area contributed by atoms with Gasteiger partial charge in [-0.2, -0.15) is 0 Å². The Morgan fingerprint density at radius 1 is 0.731 bits per heavy atom. The third-order valence-electron chi connectivity index (χ3n) is 4.65. The molecular weight excluding hydrogens is 406 g/mol. The number of halogens is 1. The topological polar surface area (TPSA) is 29.1 Å². The number of carbonyl (C=O) groups excluding carboxylic acids is 1. The van der Waals surface area contributed by atoms with E-state index in [1.807, 2.05) is 18.2 Å². The molecule has 0 aromatic heterocycles. The number of benzene rings is 3. The van der Waals surface area contributed by atoms with Gasteiger partial charge in [0, 0.05) is 0 Å². The van der Waals surface area contributed by atoms with E-state index in [1.165, 1.54) is 16.7 Å². The fourth-order valence-corrected chi connectivity index (χ4v) is 5.54. The van der Waals surface area contributed by atoms with E-state index >= 15 is 0 Å². The Kier molecular flexibility index (Phi) is 4.88. The minimum absolute atomic E-state index is 0.00289. The van der Waals surface area contributed by atoms with E-state index in [0.29, 0.717) is 0 Å². The molecule has 130 valence electrons. The lowest BCUT2D eigenvalue weighted by Gasteiger charge is -2.42. The second-order valence-electron chi connectivity index (χ2n) is 6.23. The predicted molar refractivity (Wildman–Crippen MR) is 111 cm³/mol. The van der Waals surface area contributed by atoms with Gasteiger partial charge in [0.2, 0.25) is 5.91 Å². The lowest BCUT2D eigenvalue weighted by atomic mass is 9.84. The van der Waals surface area contributed by atoms with Crippen LogP contribution < -0.4 is 5.32 Å². The molecule has 1 amide bonds. The molecule has 3 aromatic rings. The van der Waals surface area contributed by atoms with Crippen molar-refractivity contribution in [2.75, 3.05) is 0 Å². The average molecular weight is 424 g/mol. The van der Waals surface area contributed by atoms with Crippen LogP contribution in [0.1, 0.15) is 16.7 Å². The summed E-state index contributed by atoms with van der Waals surface area (Å²) in [5.41, 5.74) is 3.59. The zero-order valence-corrected chi connectivity index (χ0v) is 16.4. The number of carbonyl (C=O) groups is 1. The van der Waals surface area contributed by atoms with Gasteiger partial charge >= 0.3 is 0 Å². The maximum atomic E-state index is 11.8. The molecule has 1 aliphatic rings. The van der Waals surface area contributed by atoms with Crippen LogP contribution in [0, 0.1) is 0 Å². The molecule has 4 heteroatoms. The molecule has 2 unspecified atom stereocenters. The van der Waals surface area contributed by atoms with Crippen LogP contribution in [0.25, 0.3) is 0 Å². The fraction of sp³-hybridized carbons (Fsp3) is 0.136. The van der Waals surface area contributed by atoms with E-state index in [9.17, 15) is 4.79 Å². The monoisotopic (exact) mass is 423 g/mol. The maximum absolute atomic E-state index is 11.8. The Bertz CT molecular complexity index is 789. The van der Waals surface area contributed by atoms with Gasteiger partial charge in [-0.25, -0.2) is 0 Å². The number of hydrogen-bond donors (Lipinski definition) is 1. The quantitative estimate of drug-likeness (QED) is 0.358. The molecule has 0 spiro atoms. The van der Waals surface area contributed by atoms with Crippen LogP contribution in [-0.4, -0.2) is 16.1 Å². The molecule has 0 saturated carbocycles. The summed E-state index contributed by atoms with van der Waals surface area (Å²) in [4.78, 5) is 11.6. The molecule has 1 heterocycles. The van der Waals surface area contributed by atoms with Crippen LogP contribution in [0.4, 0.5) is 0 Å². The maximum Gasteiger partial charge on any atom is 0.237 e. The smallest absolute Gasteiger partial charge is 0.237 e. The molecule has 3 aromatic carbocycles. The van der Waals surface area contributed by atoms with Crippen molar-refractivity contribution in [3.05, 3.63) is 108 Å². The lowest BCUT2D eigenvalue weighted by Crippen LogP contribution is -2.58. The first-order valence-electron chi connectivity index (χ1n) is 8.50. The van der Waals surface area contributed by atoms with Crippen LogP contribution in [0.5, 0.6) is 0 Å². The van der Waals surface area contributed by atoms with Crippen LogP contribution in [0.2, 0.25) is 0 Å². The molecule has 1 aliphatic heterocycles. The van der Waals surface area contributed by atoms with Crippen LogP contribution in [0.15, 0.2) is 91.0 Å². The summed E-state index contributed by atoms with van der Waals surface area (Å²) in [6, 6.07) is 31.5. The number of amides is 1. The van der Waals surface area contributed by atoms with Gasteiger partial charge in [-0.05, 0) is 16.7 Å². The van der Waals surface area contributed by atoms with Crippen molar-refractivity contribution in [1.82, 2.24) is 5.32 Å². The Labute approximate surface area is 166 Å². The van der Waals surface area contributed by atoms with Gasteiger partial charge in [-0.15, -0.1) is 11.8 Å². The number of thioether (sulfide) groups is 1. The summed E-state index contributed by atoms with van der Waals surface area (Å²) in [6.45, 7) is 0. The molecule has 26 heavy (non-hydrogen) atoms. The molecule has 1 fully saturated rings. The van der Waals surface area contributed by atoms with Crippen molar-refractivity contribution in [2.24, 2.45) is 0 Å². The Morgan fingerprint density at radius 3 is 1.42 bits per heavy atom. The van der Waals surface area contributed by atoms with E-state index < -0.39 is 4.75 Å². The molecule has 2 atom stereocenters. The first-order valence-corrected chi connectivity index (χ1v) is 10.3. The molecule has 1 N–H and O–H groups in total. The van der Waals surface area contributed by atoms with Gasteiger partial charge in [0.1, 0.15) is 4.83 Å². The van der Waals surface area contributed by atoms with E-state index in [-0.39, 0.29) is 16.1 Å². The third kappa shape index (κ3) is 2.97. The Balaban J connectivity index is 1.93. The molecular formula is C22H18BrNOS. The van der Waals surface area contributed by atoms with Crippen molar-refractivity contribution < 1.29 is 4.79 Å². The summed E-state index contributed by atoms with van der Waals surface area (Å²) in [5.74, 6) is 0.0468. The first kappa shape index (κ1) is 17.4.